The van der Waals surface area contributed by atoms with Crippen LogP contribution < -0.4 is 0 Å². The second-order valence-electron chi connectivity index (χ2n) is 6.63. The standard InChI is InChI=1S/C20H27NO5/c1-5-25-8-6-7-21(12-15(4)20(23)24)19(22)18-11-16-9-13(2)14(3)10-17(16)26-18/h9-11,15H,5-8,12H2,1-4H3,(H,23,24). The quantitative estimate of drug-likeness (QED) is 0.690. The highest BCUT2D eigenvalue weighted by atomic mass is 16.5. The van der Waals surface area contributed by atoms with Crippen molar-refractivity contribution >= 4 is 22.8 Å². The summed E-state index contributed by atoms with van der Waals surface area (Å²) in [4.78, 5) is 25.6. The molecule has 1 amide bonds. The molecule has 0 aliphatic carbocycles. The van der Waals surface area contributed by atoms with Crippen molar-refractivity contribution in [2.24, 2.45) is 5.92 Å². The molecule has 0 bridgehead atoms. The molecule has 0 saturated carbocycles. The van der Waals surface area contributed by atoms with Gasteiger partial charge in [0.05, 0.1) is 5.92 Å². The first-order valence-corrected chi connectivity index (χ1v) is 8.94. The predicted octanol–water partition coefficient (Wildman–Crippen LogP) is 3.64. The molecule has 0 spiro atoms. The van der Waals surface area contributed by atoms with Crippen molar-refractivity contribution in [2.75, 3.05) is 26.3 Å². The number of nitrogens with zero attached hydrogens (tertiary/aromatic N) is 1. The average Bonchev–Trinajstić information content (AvgIpc) is 2.99. The van der Waals surface area contributed by atoms with Crippen LogP contribution in [0.4, 0.5) is 0 Å². The van der Waals surface area contributed by atoms with Crippen LogP contribution in [0.1, 0.15) is 41.9 Å². The number of aliphatic carboxylic acids is 1. The van der Waals surface area contributed by atoms with E-state index in [1.165, 1.54) is 4.90 Å². The van der Waals surface area contributed by atoms with Gasteiger partial charge in [-0.15, -0.1) is 0 Å². The second kappa shape index (κ2) is 8.85. The largest absolute Gasteiger partial charge is 0.481 e. The van der Waals surface area contributed by atoms with Gasteiger partial charge in [-0.2, -0.15) is 0 Å². The Morgan fingerprint density at radius 1 is 1.23 bits per heavy atom. The van der Waals surface area contributed by atoms with E-state index in [4.69, 9.17) is 9.15 Å². The number of ether oxygens (including phenoxy) is 1. The Morgan fingerprint density at radius 2 is 1.92 bits per heavy atom. The lowest BCUT2D eigenvalue weighted by atomic mass is 10.1. The van der Waals surface area contributed by atoms with Crippen LogP contribution in [0.5, 0.6) is 0 Å². The number of carboxylic acids is 1. The molecule has 6 heteroatoms. The molecule has 6 nitrogen and oxygen atoms in total. The van der Waals surface area contributed by atoms with Crippen molar-refractivity contribution in [3.63, 3.8) is 0 Å². The van der Waals surface area contributed by atoms with Crippen LogP contribution in [0.15, 0.2) is 22.6 Å². The van der Waals surface area contributed by atoms with Crippen molar-refractivity contribution in [1.82, 2.24) is 4.90 Å². The van der Waals surface area contributed by atoms with E-state index in [-0.39, 0.29) is 18.2 Å². The Bertz CT molecular complexity index is 741. The molecule has 1 atom stereocenters. The minimum Gasteiger partial charge on any atom is -0.481 e. The smallest absolute Gasteiger partial charge is 0.308 e. The van der Waals surface area contributed by atoms with Gasteiger partial charge in [0.1, 0.15) is 5.58 Å². The molecule has 1 aromatic carbocycles. The van der Waals surface area contributed by atoms with E-state index in [0.717, 1.165) is 16.5 Å². The van der Waals surface area contributed by atoms with Crippen molar-refractivity contribution in [1.29, 1.82) is 0 Å². The van der Waals surface area contributed by atoms with Gasteiger partial charge in [0.25, 0.3) is 5.91 Å². The number of fused-ring (bicyclic) bond motifs is 1. The summed E-state index contributed by atoms with van der Waals surface area (Å²) in [5, 5.41) is 10.1. The molecule has 26 heavy (non-hydrogen) atoms. The summed E-state index contributed by atoms with van der Waals surface area (Å²) in [7, 11) is 0. The lowest BCUT2D eigenvalue weighted by Gasteiger charge is -2.23. The topological polar surface area (TPSA) is 80.0 Å². The van der Waals surface area contributed by atoms with Crippen LogP contribution in [0.2, 0.25) is 0 Å². The zero-order valence-corrected chi connectivity index (χ0v) is 15.9. The second-order valence-corrected chi connectivity index (χ2v) is 6.63. The molecule has 1 aromatic heterocycles. The lowest BCUT2D eigenvalue weighted by molar-refractivity contribution is -0.141. The van der Waals surface area contributed by atoms with Crippen molar-refractivity contribution in [3.8, 4) is 0 Å². The van der Waals surface area contributed by atoms with Gasteiger partial charge in [-0.25, -0.2) is 0 Å². The zero-order chi connectivity index (χ0) is 19.3. The Hall–Kier alpha value is -2.34. The van der Waals surface area contributed by atoms with Crippen LogP contribution in [0.25, 0.3) is 11.0 Å². The minimum absolute atomic E-state index is 0.134. The molecule has 2 rings (SSSR count). The molecule has 0 fully saturated rings. The van der Waals surface area contributed by atoms with E-state index in [1.54, 1.807) is 13.0 Å². The highest BCUT2D eigenvalue weighted by Gasteiger charge is 2.24. The summed E-state index contributed by atoms with van der Waals surface area (Å²) >= 11 is 0. The number of carboxylic acid groups (broad SMARTS) is 1. The average molecular weight is 361 g/mol. The Morgan fingerprint density at radius 3 is 2.58 bits per heavy atom. The molecule has 0 aliphatic heterocycles. The molecular weight excluding hydrogens is 334 g/mol. The number of amides is 1. The Kier molecular flexibility index (Phi) is 6.80. The third kappa shape index (κ3) is 4.85. The predicted molar refractivity (Wildman–Crippen MR) is 99.5 cm³/mol. The van der Waals surface area contributed by atoms with Crippen LogP contribution in [-0.4, -0.2) is 48.2 Å². The van der Waals surface area contributed by atoms with E-state index < -0.39 is 11.9 Å². The number of carbonyl (C=O) groups is 2. The van der Waals surface area contributed by atoms with Crippen molar-refractivity contribution in [2.45, 2.75) is 34.1 Å². The molecule has 0 radical (unpaired) electrons. The minimum atomic E-state index is -0.927. The van der Waals surface area contributed by atoms with Gasteiger partial charge in [0.15, 0.2) is 5.76 Å². The molecule has 2 aromatic rings. The van der Waals surface area contributed by atoms with Gasteiger partial charge in [0, 0.05) is 31.7 Å². The van der Waals surface area contributed by atoms with E-state index in [9.17, 15) is 14.7 Å². The first kappa shape index (κ1) is 20.0. The lowest BCUT2D eigenvalue weighted by Crippen LogP contribution is -2.37. The fourth-order valence-electron chi connectivity index (χ4n) is 2.75. The first-order valence-electron chi connectivity index (χ1n) is 8.94. The van der Waals surface area contributed by atoms with Crippen molar-refractivity contribution in [3.05, 3.63) is 35.1 Å². The number of aryl methyl sites for hydroxylation is 2. The number of hydrogen-bond acceptors (Lipinski definition) is 4. The SMILES string of the molecule is CCOCCCN(CC(C)C(=O)O)C(=O)c1cc2cc(C)c(C)cc2o1. The maximum Gasteiger partial charge on any atom is 0.308 e. The third-order valence-electron chi connectivity index (χ3n) is 4.47. The molecule has 0 aliphatic rings. The number of furan rings is 1. The number of rotatable bonds is 9. The first-order chi connectivity index (χ1) is 12.3. The van der Waals surface area contributed by atoms with Crippen LogP contribution in [-0.2, 0) is 9.53 Å². The highest BCUT2D eigenvalue weighted by Crippen LogP contribution is 2.24. The third-order valence-corrected chi connectivity index (χ3v) is 4.47. The monoisotopic (exact) mass is 361 g/mol. The summed E-state index contributed by atoms with van der Waals surface area (Å²) in [5.41, 5.74) is 2.89. The van der Waals surface area contributed by atoms with Gasteiger partial charge >= 0.3 is 5.97 Å². The molecular formula is C20H27NO5. The van der Waals surface area contributed by atoms with Gasteiger partial charge in [0.2, 0.25) is 0 Å². The highest BCUT2D eigenvalue weighted by molar-refractivity contribution is 5.96. The summed E-state index contributed by atoms with van der Waals surface area (Å²) in [5.74, 6) is -1.64. The van der Waals surface area contributed by atoms with Gasteiger partial charge in [-0.05, 0) is 56.5 Å². The fourth-order valence-corrected chi connectivity index (χ4v) is 2.75. The Balaban J connectivity index is 2.21. The summed E-state index contributed by atoms with van der Waals surface area (Å²) < 4.78 is 11.1. The molecule has 1 N–H and O–H groups in total. The van der Waals surface area contributed by atoms with E-state index in [2.05, 4.69) is 0 Å². The van der Waals surface area contributed by atoms with Gasteiger partial charge in [-0.3, -0.25) is 9.59 Å². The molecule has 1 heterocycles. The van der Waals surface area contributed by atoms with Crippen LogP contribution in [0, 0.1) is 19.8 Å². The van der Waals surface area contributed by atoms with E-state index in [1.807, 2.05) is 32.9 Å². The molecule has 0 saturated heterocycles. The van der Waals surface area contributed by atoms with Crippen LogP contribution >= 0.6 is 0 Å². The summed E-state index contributed by atoms with van der Waals surface area (Å²) in [6, 6.07) is 5.64. The van der Waals surface area contributed by atoms with E-state index >= 15 is 0 Å². The van der Waals surface area contributed by atoms with Gasteiger partial charge < -0.3 is 19.2 Å². The maximum absolute atomic E-state index is 12.9. The maximum atomic E-state index is 12.9. The number of carbonyl (C=O) groups excluding carboxylic acids is 1. The number of hydrogen-bond donors (Lipinski definition) is 1. The van der Waals surface area contributed by atoms with E-state index in [0.29, 0.717) is 31.8 Å². The van der Waals surface area contributed by atoms with Crippen LogP contribution in [0.3, 0.4) is 0 Å². The molecule has 142 valence electrons. The molecule has 1 unspecified atom stereocenters. The summed E-state index contributed by atoms with van der Waals surface area (Å²) in [6.07, 6.45) is 0.643. The zero-order valence-electron chi connectivity index (χ0n) is 15.9. The number of benzene rings is 1. The normalized spacial score (nSPS) is 12.3. The van der Waals surface area contributed by atoms with Gasteiger partial charge in [-0.1, -0.05) is 6.92 Å². The Labute approximate surface area is 153 Å². The summed E-state index contributed by atoms with van der Waals surface area (Å²) in [6.45, 7) is 9.21. The fraction of sp³-hybridized carbons (Fsp3) is 0.500. The van der Waals surface area contributed by atoms with Crippen molar-refractivity contribution < 1.29 is 23.8 Å².